The van der Waals surface area contributed by atoms with Crippen molar-refractivity contribution in [2.45, 2.75) is 30.2 Å². The van der Waals surface area contributed by atoms with E-state index in [2.05, 4.69) is 35.2 Å². The molecule has 2 aliphatic rings. The second-order valence-electron chi connectivity index (χ2n) is 10.3. The van der Waals surface area contributed by atoms with E-state index < -0.39 is 26.9 Å². The third-order valence-electron chi connectivity index (χ3n) is 8.08. The molecule has 1 heterocycles. The van der Waals surface area contributed by atoms with E-state index >= 15 is 0 Å². The van der Waals surface area contributed by atoms with Crippen molar-refractivity contribution in [1.82, 2.24) is 4.90 Å². The van der Waals surface area contributed by atoms with Crippen LogP contribution in [0.4, 0.5) is 0 Å². The number of nitrogens with zero attached hydrogens (tertiary/aromatic N) is 1. The number of hydrogen-bond acceptors (Lipinski definition) is 6. The summed E-state index contributed by atoms with van der Waals surface area (Å²) < 4.78 is 39.7. The number of rotatable bonds is 8. The SMILES string of the molecule is COCC(c1ccc(C(N)=O)cc1C1(O)C2CCC1CN(Cc1ccc3ccccc3c1)C2)S(=O)(=O)O. The highest BCUT2D eigenvalue weighted by molar-refractivity contribution is 7.86. The van der Waals surface area contributed by atoms with Crippen molar-refractivity contribution in [1.29, 1.82) is 0 Å². The Morgan fingerprint density at radius 3 is 2.38 bits per heavy atom. The molecule has 0 spiro atoms. The van der Waals surface area contributed by atoms with Crippen molar-refractivity contribution in [2.75, 3.05) is 26.8 Å². The van der Waals surface area contributed by atoms with Crippen molar-refractivity contribution < 1.29 is 27.6 Å². The smallest absolute Gasteiger partial charge is 0.274 e. The van der Waals surface area contributed by atoms with Gasteiger partial charge in [0.1, 0.15) is 5.25 Å². The Morgan fingerprint density at radius 2 is 1.76 bits per heavy atom. The van der Waals surface area contributed by atoms with E-state index in [1.54, 1.807) is 0 Å². The van der Waals surface area contributed by atoms with Gasteiger partial charge in [0.2, 0.25) is 5.91 Å². The number of methoxy groups -OCH3 is 1. The molecule has 4 N–H and O–H groups in total. The van der Waals surface area contributed by atoms with Crippen LogP contribution in [0.1, 0.15) is 45.1 Å². The van der Waals surface area contributed by atoms with Crippen molar-refractivity contribution in [3.8, 4) is 0 Å². The van der Waals surface area contributed by atoms with Gasteiger partial charge in [0.15, 0.2) is 0 Å². The van der Waals surface area contributed by atoms with Crippen LogP contribution < -0.4 is 5.73 Å². The van der Waals surface area contributed by atoms with Gasteiger partial charge in [0.25, 0.3) is 10.1 Å². The zero-order valence-corrected chi connectivity index (χ0v) is 21.5. The Hall–Kier alpha value is -2.82. The monoisotopic (exact) mass is 524 g/mol. The Morgan fingerprint density at radius 1 is 1.08 bits per heavy atom. The molecule has 196 valence electrons. The largest absolute Gasteiger partial charge is 0.384 e. The molecule has 8 nitrogen and oxygen atoms in total. The number of ether oxygens (including phenoxy) is 1. The molecular weight excluding hydrogens is 492 g/mol. The predicted molar refractivity (Wildman–Crippen MR) is 140 cm³/mol. The third kappa shape index (κ3) is 4.78. The van der Waals surface area contributed by atoms with Crippen LogP contribution in [0.15, 0.2) is 60.7 Å². The zero-order chi connectivity index (χ0) is 26.4. The molecule has 3 atom stereocenters. The number of benzene rings is 3. The number of aliphatic hydroxyl groups is 1. The van der Waals surface area contributed by atoms with Gasteiger partial charge in [-0.05, 0) is 58.5 Å². The van der Waals surface area contributed by atoms with Gasteiger partial charge in [-0.15, -0.1) is 0 Å². The van der Waals surface area contributed by atoms with E-state index in [0.29, 0.717) is 18.7 Å². The maximum absolute atomic E-state index is 12.3. The molecule has 3 unspecified atom stereocenters. The van der Waals surface area contributed by atoms with Crippen LogP contribution in [0.3, 0.4) is 0 Å². The first-order valence-corrected chi connectivity index (χ1v) is 13.9. The molecular formula is C28H32N2O6S. The lowest BCUT2D eigenvalue weighted by atomic mass is 9.72. The van der Waals surface area contributed by atoms with E-state index in [1.165, 1.54) is 41.6 Å². The van der Waals surface area contributed by atoms with E-state index in [0.717, 1.165) is 19.4 Å². The molecule has 0 aromatic heterocycles. The third-order valence-corrected chi connectivity index (χ3v) is 9.19. The Labute approximate surface area is 216 Å². The summed E-state index contributed by atoms with van der Waals surface area (Å²) in [5, 5.41) is 13.2. The predicted octanol–water partition coefficient (Wildman–Crippen LogP) is 3.24. The zero-order valence-electron chi connectivity index (χ0n) is 20.7. The molecule has 3 aromatic rings. The quantitative estimate of drug-likeness (QED) is 0.386. The van der Waals surface area contributed by atoms with Gasteiger partial charge in [0.05, 0.1) is 12.2 Å². The second-order valence-corrected chi connectivity index (χ2v) is 11.9. The summed E-state index contributed by atoms with van der Waals surface area (Å²) in [5.74, 6) is -1.04. The van der Waals surface area contributed by atoms with Gasteiger partial charge in [-0.25, -0.2) is 0 Å². The number of carbonyl (C=O) groups excluding carboxylic acids is 1. The summed E-state index contributed by atoms with van der Waals surface area (Å²) in [6, 6.07) is 19.0. The summed E-state index contributed by atoms with van der Waals surface area (Å²) >= 11 is 0. The van der Waals surface area contributed by atoms with E-state index in [-0.39, 0.29) is 29.6 Å². The van der Waals surface area contributed by atoms with Gasteiger partial charge in [-0.1, -0.05) is 42.5 Å². The minimum atomic E-state index is -4.55. The fourth-order valence-corrected chi connectivity index (χ4v) is 7.16. The van der Waals surface area contributed by atoms with Crippen LogP contribution in [0.25, 0.3) is 10.8 Å². The van der Waals surface area contributed by atoms with E-state index in [9.17, 15) is 22.9 Å². The van der Waals surface area contributed by atoms with Gasteiger partial charge < -0.3 is 15.6 Å². The first-order valence-electron chi connectivity index (χ1n) is 12.4. The van der Waals surface area contributed by atoms with Crippen molar-refractivity contribution >= 4 is 26.8 Å². The van der Waals surface area contributed by atoms with Gasteiger partial charge in [-0.2, -0.15) is 8.42 Å². The molecule has 9 heteroatoms. The van der Waals surface area contributed by atoms with Crippen LogP contribution in [0, 0.1) is 11.8 Å². The highest BCUT2D eigenvalue weighted by Gasteiger charge is 2.55. The summed E-state index contributed by atoms with van der Waals surface area (Å²) in [4.78, 5) is 14.3. The standard InChI is InChI=1S/C28H32N2O6S/c1-36-17-26(37(33,34)35)24-11-8-21(27(29)31)13-25(24)28(32)22-9-10-23(28)16-30(15-22)14-18-6-7-19-4-2-3-5-20(19)12-18/h2-8,11-13,22-23,26,32H,9-10,14-17H2,1H3,(H2,29,31)(H,33,34,35). The molecule has 1 saturated carbocycles. The fourth-order valence-electron chi connectivity index (χ4n) is 6.32. The normalized spacial score (nSPS) is 24.8. The van der Waals surface area contributed by atoms with Crippen LogP contribution in [-0.4, -0.2) is 55.7 Å². The van der Waals surface area contributed by atoms with Crippen molar-refractivity contribution in [3.63, 3.8) is 0 Å². The van der Waals surface area contributed by atoms with Crippen LogP contribution in [0.2, 0.25) is 0 Å². The van der Waals surface area contributed by atoms with Crippen LogP contribution in [0.5, 0.6) is 0 Å². The molecule has 1 aliphatic heterocycles. The van der Waals surface area contributed by atoms with E-state index in [1.807, 2.05) is 12.1 Å². The molecule has 1 saturated heterocycles. The summed E-state index contributed by atoms with van der Waals surface area (Å²) in [6.45, 7) is 1.67. The minimum Gasteiger partial charge on any atom is -0.384 e. The number of nitrogens with two attached hydrogens (primary N) is 1. The number of likely N-dealkylation sites (tertiary alicyclic amines) is 1. The first-order chi connectivity index (χ1) is 17.6. The lowest BCUT2D eigenvalue weighted by Gasteiger charge is -2.46. The summed E-state index contributed by atoms with van der Waals surface area (Å²) in [6.07, 6.45) is 1.52. The number of carbonyl (C=O) groups is 1. The number of piperidine rings is 1. The molecule has 37 heavy (non-hydrogen) atoms. The maximum atomic E-state index is 12.3. The highest BCUT2D eigenvalue weighted by Crippen LogP contribution is 2.53. The Bertz CT molecular complexity index is 1430. The lowest BCUT2D eigenvalue weighted by molar-refractivity contribution is -0.0921. The number of fused-ring (bicyclic) bond motifs is 3. The molecule has 1 aliphatic carbocycles. The van der Waals surface area contributed by atoms with Crippen molar-refractivity contribution in [3.05, 3.63) is 82.9 Å². The average Bonchev–Trinajstić information content (AvgIpc) is 3.02. The van der Waals surface area contributed by atoms with Gasteiger partial charge in [0, 0.05) is 44.1 Å². The highest BCUT2D eigenvalue weighted by atomic mass is 32.2. The minimum absolute atomic E-state index is 0.177. The average molecular weight is 525 g/mol. The summed E-state index contributed by atoms with van der Waals surface area (Å²) in [5.41, 5.74) is 6.11. The molecule has 2 bridgehead atoms. The fraction of sp³-hybridized carbons (Fsp3) is 0.393. The second kappa shape index (κ2) is 9.81. The molecule has 3 aromatic carbocycles. The number of hydrogen-bond donors (Lipinski definition) is 3. The maximum Gasteiger partial charge on any atom is 0.274 e. The topological polar surface area (TPSA) is 130 Å². The Kier molecular flexibility index (Phi) is 6.84. The molecule has 1 amide bonds. The number of primary amides is 1. The summed E-state index contributed by atoms with van der Waals surface area (Å²) in [7, 11) is -3.20. The van der Waals surface area contributed by atoms with Crippen molar-refractivity contribution in [2.24, 2.45) is 17.6 Å². The first kappa shape index (κ1) is 25.8. The molecule has 2 fully saturated rings. The Balaban J connectivity index is 1.49. The number of amides is 1. The van der Waals surface area contributed by atoms with Crippen LogP contribution >= 0.6 is 0 Å². The van der Waals surface area contributed by atoms with Gasteiger partial charge >= 0.3 is 0 Å². The lowest BCUT2D eigenvalue weighted by Crippen LogP contribution is -2.52. The molecule has 0 radical (unpaired) electrons. The van der Waals surface area contributed by atoms with Gasteiger partial charge in [-0.3, -0.25) is 14.2 Å². The van der Waals surface area contributed by atoms with Crippen LogP contribution in [-0.2, 0) is 27.0 Å². The molecule has 5 rings (SSSR count). The van der Waals surface area contributed by atoms with E-state index in [4.69, 9.17) is 10.5 Å².